The molecule has 0 aliphatic heterocycles. The highest BCUT2D eigenvalue weighted by Gasteiger charge is 2.25. The Labute approximate surface area is 94.5 Å². The van der Waals surface area contributed by atoms with E-state index in [1.807, 2.05) is 0 Å². The summed E-state index contributed by atoms with van der Waals surface area (Å²) in [5.41, 5.74) is 0.426. The van der Waals surface area contributed by atoms with Crippen molar-refractivity contribution in [2.75, 3.05) is 13.2 Å². The number of aliphatic hydroxyl groups excluding tert-OH is 1. The number of unbranched alkanes of at least 4 members (excludes halogenated alkanes) is 3. The first-order valence-electron chi connectivity index (χ1n) is 6.63. The molecule has 15 heavy (non-hydrogen) atoms. The van der Waals surface area contributed by atoms with E-state index >= 15 is 0 Å². The van der Waals surface area contributed by atoms with E-state index in [4.69, 9.17) is 5.11 Å². The van der Waals surface area contributed by atoms with Crippen LogP contribution in [0.2, 0.25) is 0 Å². The monoisotopic (exact) mass is 213 g/mol. The molecule has 0 bridgehead atoms. The van der Waals surface area contributed by atoms with E-state index in [-0.39, 0.29) is 0 Å². The predicted molar refractivity (Wildman–Crippen MR) is 65.0 cm³/mol. The maximum absolute atomic E-state index is 8.65. The van der Waals surface area contributed by atoms with Gasteiger partial charge in [-0.05, 0) is 39.2 Å². The van der Waals surface area contributed by atoms with Crippen molar-refractivity contribution < 1.29 is 5.11 Å². The highest BCUT2D eigenvalue weighted by Crippen LogP contribution is 2.27. The molecule has 0 aromatic rings. The predicted octanol–water partition coefficient (Wildman–Crippen LogP) is 2.85. The maximum Gasteiger partial charge on any atom is 0.0431 e. The lowest BCUT2D eigenvalue weighted by atomic mass is 9.83. The third-order valence-corrected chi connectivity index (χ3v) is 3.59. The zero-order chi connectivity index (χ0) is 11.0. The first kappa shape index (κ1) is 13.0. The summed E-state index contributed by atoms with van der Waals surface area (Å²) in [5.74, 6) is 0. The van der Waals surface area contributed by atoms with Crippen LogP contribution in [-0.4, -0.2) is 23.8 Å². The van der Waals surface area contributed by atoms with Crippen molar-refractivity contribution >= 4 is 0 Å². The van der Waals surface area contributed by atoms with Gasteiger partial charge in [-0.2, -0.15) is 0 Å². The van der Waals surface area contributed by atoms with Gasteiger partial charge in [-0.25, -0.2) is 0 Å². The third kappa shape index (κ3) is 5.53. The quantitative estimate of drug-likeness (QED) is 0.637. The van der Waals surface area contributed by atoms with E-state index in [0.29, 0.717) is 12.1 Å². The molecule has 0 aromatic carbocycles. The van der Waals surface area contributed by atoms with Gasteiger partial charge in [0.15, 0.2) is 0 Å². The zero-order valence-electron chi connectivity index (χ0n) is 10.2. The Kier molecular flexibility index (Phi) is 6.26. The van der Waals surface area contributed by atoms with Crippen LogP contribution < -0.4 is 5.32 Å². The van der Waals surface area contributed by atoms with Crippen LogP contribution in [0.4, 0.5) is 0 Å². The number of hydrogen-bond acceptors (Lipinski definition) is 2. The molecule has 2 nitrogen and oxygen atoms in total. The van der Waals surface area contributed by atoms with Gasteiger partial charge in [0, 0.05) is 12.1 Å². The summed E-state index contributed by atoms with van der Waals surface area (Å²) in [6.07, 6.45) is 11.6. The maximum atomic E-state index is 8.65. The second kappa shape index (κ2) is 7.24. The second-order valence-electron chi connectivity index (χ2n) is 5.19. The average Bonchev–Trinajstić information content (AvgIpc) is 2.24. The van der Waals surface area contributed by atoms with Crippen LogP contribution in [0.15, 0.2) is 0 Å². The van der Waals surface area contributed by atoms with Crippen LogP contribution in [0.5, 0.6) is 0 Å². The van der Waals surface area contributed by atoms with Gasteiger partial charge in [-0.3, -0.25) is 0 Å². The summed E-state index contributed by atoms with van der Waals surface area (Å²) in [6.45, 7) is 3.88. The Morgan fingerprint density at radius 2 is 1.67 bits per heavy atom. The minimum Gasteiger partial charge on any atom is -0.396 e. The molecule has 0 heterocycles. The van der Waals surface area contributed by atoms with Crippen LogP contribution in [-0.2, 0) is 0 Å². The standard InChI is InChI=1S/C13H27NO/c1-13(9-5-4-6-10-13)14-11-7-2-3-8-12-15/h14-15H,2-12H2,1H3. The number of rotatable bonds is 7. The fourth-order valence-corrected chi connectivity index (χ4v) is 2.49. The Morgan fingerprint density at radius 1 is 1.00 bits per heavy atom. The lowest BCUT2D eigenvalue weighted by molar-refractivity contribution is 0.251. The summed E-state index contributed by atoms with van der Waals surface area (Å²) in [6, 6.07) is 0. The van der Waals surface area contributed by atoms with Gasteiger partial charge < -0.3 is 10.4 Å². The van der Waals surface area contributed by atoms with Crippen LogP contribution in [0.25, 0.3) is 0 Å². The van der Waals surface area contributed by atoms with Gasteiger partial charge in [0.2, 0.25) is 0 Å². The topological polar surface area (TPSA) is 32.3 Å². The number of aliphatic hydroxyl groups is 1. The molecule has 0 spiro atoms. The summed E-state index contributed by atoms with van der Waals surface area (Å²) in [5, 5.41) is 12.4. The molecule has 1 saturated carbocycles. The molecule has 1 aliphatic rings. The Morgan fingerprint density at radius 3 is 2.33 bits per heavy atom. The summed E-state index contributed by atoms with van der Waals surface area (Å²) < 4.78 is 0. The minimum absolute atomic E-state index is 0.352. The van der Waals surface area contributed by atoms with Crippen LogP contribution in [0.3, 0.4) is 0 Å². The normalized spacial score (nSPS) is 20.4. The molecule has 0 aromatic heterocycles. The fraction of sp³-hybridized carbons (Fsp3) is 1.00. The van der Waals surface area contributed by atoms with Crippen molar-refractivity contribution in [1.29, 1.82) is 0 Å². The molecule has 90 valence electrons. The highest BCUT2D eigenvalue weighted by atomic mass is 16.2. The molecular formula is C13H27NO. The van der Waals surface area contributed by atoms with E-state index in [1.165, 1.54) is 51.4 Å². The number of nitrogens with one attached hydrogen (secondary N) is 1. The largest absolute Gasteiger partial charge is 0.396 e. The van der Waals surface area contributed by atoms with E-state index in [1.54, 1.807) is 0 Å². The minimum atomic E-state index is 0.352. The lowest BCUT2D eigenvalue weighted by Gasteiger charge is -2.34. The van der Waals surface area contributed by atoms with Crippen LogP contribution >= 0.6 is 0 Å². The fourth-order valence-electron chi connectivity index (χ4n) is 2.49. The molecule has 1 rings (SSSR count). The van der Waals surface area contributed by atoms with E-state index < -0.39 is 0 Å². The average molecular weight is 213 g/mol. The van der Waals surface area contributed by atoms with Gasteiger partial charge in [0.1, 0.15) is 0 Å². The SMILES string of the molecule is CC1(NCCCCCCO)CCCCC1. The molecule has 1 aliphatic carbocycles. The summed E-state index contributed by atoms with van der Waals surface area (Å²) >= 11 is 0. The Hall–Kier alpha value is -0.0800. The zero-order valence-corrected chi connectivity index (χ0v) is 10.2. The van der Waals surface area contributed by atoms with Crippen LogP contribution in [0.1, 0.15) is 64.7 Å². The number of hydrogen-bond donors (Lipinski definition) is 2. The molecule has 0 amide bonds. The molecule has 0 atom stereocenters. The molecule has 0 saturated heterocycles. The van der Waals surface area contributed by atoms with E-state index in [9.17, 15) is 0 Å². The third-order valence-electron chi connectivity index (χ3n) is 3.59. The van der Waals surface area contributed by atoms with Crippen LogP contribution in [0, 0.1) is 0 Å². The molecule has 2 heteroatoms. The summed E-state index contributed by atoms with van der Waals surface area (Å²) in [7, 11) is 0. The van der Waals surface area contributed by atoms with Crippen molar-refractivity contribution in [2.24, 2.45) is 0 Å². The Balaban J connectivity index is 1.98. The molecule has 1 fully saturated rings. The van der Waals surface area contributed by atoms with Gasteiger partial charge in [-0.15, -0.1) is 0 Å². The molecule has 0 radical (unpaired) electrons. The highest BCUT2D eigenvalue weighted by molar-refractivity contribution is 4.85. The van der Waals surface area contributed by atoms with Gasteiger partial charge in [0.25, 0.3) is 0 Å². The first-order chi connectivity index (χ1) is 7.27. The molecular weight excluding hydrogens is 186 g/mol. The lowest BCUT2D eigenvalue weighted by Crippen LogP contribution is -2.44. The van der Waals surface area contributed by atoms with Crippen molar-refractivity contribution in [2.45, 2.75) is 70.3 Å². The van der Waals surface area contributed by atoms with Gasteiger partial charge in [0.05, 0.1) is 0 Å². The van der Waals surface area contributed by atoms with Gasteiger partial charge in [-0.1, -0.05) is 32.1 Å². The summed E-state index contributed by atoms with van der Waals surface area (Å²) in [4.78, 5) is 0. The van der Waals surface area contributed by atoms with Crippen molar-refractivity contribution in [3.63, 3.8) is 0 Å². The second-order valence-corrected chi connectivity index (χ2v) is 5.19. The van der Waals surface area contributed by atoms with Crippen molar-refractivity contribution in [3.8, 4) is 0 Å². The molecule has 0 unspecified atom stereocenters. The first-order valence-corrected chi connectivity index (χ1v) is 6.63. The Bertz CT molecular complexity index is 153. The van der Waals surface area contributed by atoms with Crippen molar-refractivity contribution in [3.05, 3.63) is 0 Å². The smallest absolute Gasteiger partial charge is 0.0431 e. The van der Waals surface area contributed by atoms with Gasteiger partial charge >= 0.3 is 0 Å². The van der Waals surface area contributed by atoms with E-state index in [0.717, 1.165) is 13.0 Å². The van der Waals surface area contributed by atoms with Crippen molar-refractivity contribution in [1.82, 2.24) is 5.32 Å². The molecule has 2 N–H and O–H groups in total. The van der Waals surface area contributed by atoms with E-state index in [2.05, 4.69) is 12.2 Å².